The molecule has 0 heterocycles. The minimum atomic E-state index is -0.113. The van der Waals surface area contributed by atoms with Crippen molar-refractivity contribution in [2.24, 2.45) is 5.92 Å². The first-order chi connectivity index (χ1) is 9.69. The summed E-state index contributed by atoms with van der Waals surface area (Å²) in [7, 11) is 2.14. The number of hydrogen-bond acceptors (Lipinski definition) is 3. The van der Waals surface area contributed by atoms with E-state index in [0.29, 0.717) is 12.6 Å². The Morgan fingerprint density at radius 3 is 2.75 bits per heavy atom. The van der Waals surface area contributed by atoms with Gasteiger partial charge in [-0.1, -0.05) is 25.0 Å². The van der Waals surface area contributed by atoms with Crippen molar-refractivity contribution < 1.29 is 9.90 Å². The smallest absolute Gasteiger partial charge is 0.315 e. The zero-order valence-corrected chi connectivity index (χ0v) is 12.3. The molecule has 0 aromatic carbocycles. The second-order valence-electron chi connectivity index (χ2n) is 5.99. The first-order valence-electron chi connectivity index (χ1n) is 7.73. The van der Waals surface area contributed by atoms with Crippen molar-refractivity contribution in [3.05, 3.63) is 12.2 Å². The number of likely N-dealkylation sites (N-methyl/N-ethyl adjacent to an activating group) is 1. The number of carbonyl (C=O) groups excluding carboxylic acids is 1. The Labute approximate surface area is 121 Å². The lowest BCUT2D eigenvalue weighted by atomic mass is 10.1. The minimum Gasteiger partial charge on any atom is -0.396 e. The predicted molar refractivity (Wildman–Crippen MR) is 79.5 cm³/mol. The molecule has 114 valence electrons. The second kappa shape index (κ2) is 7.64. The molecule has 2 atom stereocenters. The van der Waals surface area contributed by atoms with Crippen LogP contribution < -0.4 is 10.6 Å². The highest BCUT2D eigenvalue weighted by Crippen LogP contribution is 2.21. The van der Waals surface area contributed by atoms with Crippen LogP contribution in [-0.2, 0) is 0 Å². The van der Waals surface area contributed by atoms with Gasteiger partial charge in [0.2, 0.25) is 0 Å². The highest BCUT2D eigenvalue weighted by molar-refractivity contribution is 5.74. The van der Waals surface area contributed by atoms with E-state index in [1.54, 1.807) is 0 Å². The number of nitrogens with one attached hydrogen (secondary N) is 2. The molecule has 2 amide bonds. The number of nitrogens with zero attached hydrogens (tertiary/aromatic N) is 1. The maximum Gasteiger partial charge on any atom is 0.315 e. The predicted octanol–water partition coefficient (Wildman–Crippen LogP) is 1.10. The zero-order valence-electron chi connectivity index (χ0n) is 12.3. The summed E-state index contributed by atoms with van der Waals surface area (Å²) in [5.74, 6) is 0.189. The second-order valence-corrected chi connectivity index (χ2v) is 5.99. The van der Waals surface area contributed by atoms with E-state index in [4.69, 9.17) is 5.11 Å². The molecule has 0 aromatic heterocycles. The molecule has 0 saturated heterocycles. The molecule has 0 unspecified atom stereocenters. The maximum atomic E-state index is 11.8. The molecule has 3 N–H and O–H groups in total. The van der Waals surface area contributed by atoms with Gasteiger partial charge in [-0.05, 0) is 26.3 Å². The summed E-state index contributed by atoms with van der Waals surface area (Å²) in [6.07, 6.45) is 9.98. The van der Waals surface area contributed by atoms with Crippen molar-refractivity contribution in [2.75, 3.05) is 26.7 Å². The topological polar surface area (TPSA) is 64.6 Å². The molecule has 5 heteroatoms. The Hall–Kier alpha value is -1.07. The van der Waals surface area contributed by atoms with Crippen LogP contribution in [0.2, 0.25) is 0 Å². The van der Waals surface area contributed by atoms with Gasteiger partial charge in [-0.25, -0.2) is 4.79 Å². The van der Waals surface area contributed by atoms with Crippen molar-refractivity contribution in [3.63, 3.8) is 0 Å². The quantitative estimate of drug-likeness (QED) is 0.639. The highest BCUT2D eigenvalue weighted by Gasteiger charge is 2.20. The summed E-state index contributed by atoms with van der Waals surface area (Å²) < 4.78 is 0. The summed E-state index contributed by atoms with van der Waals surface area (Å²) in [6, 6.07) is 0.640. The summed E-state index contributed by atoms with van der Waals surface area (Å²) in [5.41, 5.74) is 0. The molecular weight excluding hydrogens is 254 g/mol. The van der Waals surface area contributed by atoms with E-state index in [1.807, 2.05) is 12.2 Å². The van der Waals surface area contributed by atoms with Gasteiger partial charge in [0.1, 0.15) is 0 Å². The van der Waals surface area contributed by atoms with Crippen LogP contribution in [0.5, 0.6) is 0 Å². The molecule has 0 radical (unpaired) electrons. The molecule has 0 aromatic rings. The van der Waals surface area contributed by atoms with Crippen LogP contribution in [0.3, 0.4) is 0 Å². The van der Waals surface area contributed by atoms with E-state index in [0.717, 1.165) is 13.0 Å². The molecule has 20 heavy (non-hydrogen) atoms. The standard InChI is InChI=1S/C15H27N3O2/c1-18(14-4-2-3-5-14)9-8-16-15(20)17-13-7-6-12(10-13)11-19/h6-7,12-14,19H,2-5,8-11H2,1H3,(H2,16,17,20)/t12-,13+/m0/s1. The van der Waals surface area contributed by atoms with Crippen molar-refractivity contribution in [3.8, 4) is 0 Å². The van der Waals surface area contributed by atoms with Gasteiger partial charge >= 0.3 is 6.03 Å². The third-order valence-electron chi connectivity index (χ3n) is 4.42. The largest absolute Gasteiger partial charge is 0.396 e. The number of rotatable bonds is 6. The van der Waals surface area contributed by atoms with Crippen LogP contribution in [0.1, 0.15) is 32.1 Å². The first-order valence-corrected chi connectivity index (χ1v) is 7.73. The number of aliphatic hydroxyl groups excluding tert-OH is 1. The van der Waals surface area contributed by atoms with E-state index < -0.39 is 0 Å². The van der Waals surface area contributed by atoms with E-state index in [9.17, 15) is 4.79 Å². The molecule has 5 nitrogen and oxygen atoms in total. The van der Waals surface area contributed by atoms with Gasteiger partial charge < -0.3 is 20.6 Å². The van der Waals surface area contributed by atoms with E-state index >= 15 is 0 Å². The Morgan fingerprint density at radius 2 is 2.10 bits per heavy atom. The van der Waals surface area contributed by atoms with Gasteiger partial charge in [-0.3, -0.25) is 0 Å². The monoisotopic (exact) mass is 281 g/mol. The molecule has 1 fully saturated rings. The lowest BCUT2D eigenvalue weighted by Gasteiger charge is -2.24. The third kappa shape index (κ3) is 4.49. The third-order valence-corrected chi connectivity index (χ3v) is 4.42. The molecule has 0 spiro atoms. The van der Waals surface area contributed by atoms with Gasteiger partial charge in [0.15, 0.2) is 0 Å². The SMILES string of the molecule is CN(CCNC(=O)N[C@@H]1C=C[C@H](CO)C1)C1CCCC1. The first kappa shape index (κ1) is 15.3. The van der Waals surface area contributed by atoms with Gasteiger partial charge in [-0.2, -0.15) is 0 Å². The lowest BCUT2D eigenvalue weighted by molar-refractivity contribution is 0.223. The highest BCUT2D eigenvalue weighted by atomic mass is 16.3. The van der Waals surface area contributed by atoms with Gasteiger partial charge in [0.25, 0.3) is 0 Å². The van der Waals surface area contributed by atoms with Crippen molar-refractivity contribution >= 4 is 6.03 Å². The summed E-state index contributed by atoms with van der Waals surface area (Å²) >= 11 is 0. The Morgan fingerprint density at radius 1 is 1.35 bits per heavy atom. The number of aliphatic hydroxyl groups is 1. The van der Waals surface area contributed by atoms with Crippen LogP contribution in [-0.4, -0.2) is 54.9 Å². The number of urea groups is 1. The molecule has 2 aliphatic carbocycles. The molecule has 0 bridgehead atoms. The average Bonchev–Trinajstić information content (AvgIpc) is 3.09. The van der Waals surface area contributed by atoms with E-state index in [-0.39, 0.29) is 24.6 Å². The molecule has 2 aliphatic rings. The number of carbonyl (C=O) groups is 1. The molecular formula is C15H27N3O2. The summed E-state index contributed by atoms with van der Waals surface area (Å²) in [5, 5.41) is 14.9. The summed E-state index contributed by atoms with van der Waals surface area (Å²) in [6.45, 7) is 1.74. The van der Waals surface area contributed by atoms with Crippen molar-refractivity contribution in [2.45, 2.75) is 44.2 Å². The van der Waals surface area contributed by atoms with Crippen LogP contribution in [0.15, 0.2) is 12.2 Å². The van der Waals surface area contributed by atoms with Crippen LogP contribution in [0, 0.1) is 5.92 Å². The van der Waals surface area contributed by atoms with Crippen LogP contribution in [0.25, 0.3) is 0 Å². The fraction of sp³-hybridized carbons (Fsp3) is 0.800. The van der Waals surface area contributed by atoms with Gasteiger partial charge in [0, 0.05) is 37.7 Å². The Kier molecular flexibility index (Phi) is 5.86. The van der Waals surface area contributed by atoms with E-state index in [1.165, 1.54) is 25.7 Å². The minimum absolute atomic E-state index is 0.0553. The Bertz CT molecular complexity index is 340. The summed E-state index contributed by atoms with van der Waals surface area (Å²) in [4.78, 5) is 14.1. The van der Waals surface area contributed by atoms with Gasteiger partial charge in [0.05, 0.1) is 0 Å². The van der Waals surface area contributed by atoms with Crippen molar-refractivity contribution in [1.29, 1.82) is 0 Å². The normalized spacial score (nSPS) is 26.4. The molecule has 1 saturated carbocycles. The van der Waals surface area contributed by atoms with Gasteiger partial charge in [-0.15, -0.1) is 0 Å². The zero-order chi connectivity index (χ0) is 14.4. The van der Waals surface area contributed by atoms with Crippen LogP contribution in [0.4, 0.5) is 4.79 Å². The number of amides is 2. The Balaban J connectivity index is 1.57. The average molecular weight is 281 g/mol. The van der Waals surface area contributed by atoms with Crippen LogP contribution >= 0.6 is 0 Å². The van der Waals surface area contributed by atoms with Crippen molar-refractivity contribution in [1.82, 2.24) is 15.5 Å². The van der Waals surface area contributed by atoms with E-state index in [2.05, 4.69) is 22.6 Å². The maximum absolute atomic E-state index is 11.8. The molecule has 2 rings (SSSR count). The lowest BCUT2D eigenvalue weighted by Crippen LogP contribution is -2.44. The number of hydrogen-bond donors (Lipinski definition) is 3. The molecule has 0 aliphatic heterocycles. The fourth-order valence-electron chi connectivity index (χ4n) is 3.11. The fourth-order valence-corrected chi connectivity index (χ4v) is 3.11.